The number of halogens is 2. The van der Waals surface area contributed by atoms with Crippen LogP contribution in [0.4, 0.5) is 14.5 Å². The highest BCUT2D eigenvalue weighted by Gasteiger charge is 2.26. The van der Waals surface area contributed by atoms with Gasteiger partial charge in [0, 0.05) is 25.1 Å². The second-order valence-electron chi connectivity index (χ2n) is 8.15. The molecule has 0 aromatic heterocycles. The summed E-state index contributed by atoms with van der Waals surface area (Å²) in [4.78, 5) is 12.6. The number of nitrogens with zero attached hydrogens (tertiary/aromatic N) is 1. The van der Waals surface area contributed by atoms with Crippen molar-refractivity contribution in [2.24, 2.45) is 5.92 Å². The second-order valence-corrected chi connectivity index (χ2v) is 8.15. The third-order valence-electron chi connectivity index (χ3n) is 5.61. The molecule has 5 nitrogen and oxygen atoms in total. The summed E-state index contributed by atoms with van der Waals surface area (Å²) < 4.78 is 42.0. The highest BCUT2D eigenvalue weighted by atomic mass is 19.1. The van der Waals surface area contributed by atoms with Crippen molar-refractivity contribution in [2.75, 3.05) is 31.2 Å². The summed E-state index contributed by atoms with van der Waals surface area (Å²) in [5, 5.41) is 8.97. The monoisotopic (exact) mass is 447 g/mol. The van der Waals surface area contributed by atoms with Crippen molar-refractivity contribution in [3.8, 4) is 22.6 Å². The van der Waals surface area contributed by atoms with E-state index in [1.807, 2.05) is 13.8 Å². The molecule has 0 aliphatic carbocycles. The van der Waals surface area contributed by atoms with Crippen LogP contribution in [0, 0.1) is 17.6 Å². The van der Waals surface area contributed by atoms with Gasteiger partial charge in [0.25, 0.3) is 0 Å². The van der Waals surface area contributed by atoms with Crippen LogP contribution in [0.15, 0.2) is 30.3 Å². The largest absolute Gasteiger partial charge is 0.490 e. The molecule has 0 amide bonds. The highest BCUT2D eigenvalue weighted by Crippen LogP contribution is 2.41. The van der Waals surface area contributed by atoms with Crippen molar-refractivity contribution in [3.63, 3.8) is 0 Å². The maximum atomic E-state index is 15.1. The molecule has 2 aromatic rings. The SMILES string of the molecule is CCCOc1cccc(-c2cc(F)c(N3CCC(CC(=O)O)CC3)c(F)c2)c1OCCC. The maximum absolute atomic E-state index is 15.1. The summed E-state index contributed by atoms with van der Waals surface area (Å²) in [5.74, 6) is -1.03. The third-order valence-corrected chi connectivity index (χ3v) is 5.61. The Balaban J connectivity index is 1.88. The number of carboxylic acids is 1. The van der Waals surface area contributed by atoms with E-state index < -0.39 is 17.6 Å². The fourth-order valence-electron chi connectivity index (χ4n) is 4.05. The molecule has 0 saturated carbocycles. The van der Waals surface area contributed by atoms with Crippen LogP contribution >= 0.6 is 0 Å². The van der Waals surface area contributed by atoms with E-state index in [1.165, 1.54) is 12.1 Å². The van der Waals surface area contributed by atoms with Gasteiger partial charge in [-0.3, -0.25) is 4.79 Å². The summed E-state index contributed by atoms with van der Waals surface area (Å²) >= 11 is 0. The van der Waals surface area contributed by atoms with Crippen molar-refractivity contribution >= 4 is 11.7 Å². The van der Waals surface area contributed by atoms with E-state index in [4.69, 9.17) is 14.6 Å². The first-order chi connectivity index (χ1) is 15.4. The zero-order valence-electron chi connectivity index (χ0n) is 18.7. The number of piperidine rings is 1. The smallest absolute Gasteiger partial charge is 0.303 e. The van der Waals surface area contributed by atoms with E-state index in [0.29, 0.717) is 61.8 Å². The summed E-state index contributed by atoms with van der Waals surface area (Å²) in [6, 6.07) is 8.02. The van der Waals surface area contributed by atoms with Gasteiger partial charge in [-0.1, -0.05) is 26.0 Å². The quantitative estimate of drug-likeness (QED) is 0.491. The molecule has 1 aliphatic rings. The number of aliphatic carboxylic acids is 1. The Kier molecular flexibility index (Phi) is 8.31. The second kappa shape index (κ2) is 11.2. The maximum Gasteiger partial charge on any atom is 0.303 e. The van der Waals surface area contributed by atoms with Crippen LogP contribution in [0.5, 0.6) is 11.5 Å². The topological polar surface area (TPSA) is 59.0 Å². The Labute approximate surface area is 188 Å². The summed E-state index contributed by atoms with van der Waals surface area (Å²) in [5.41, 5.74) is 0.908. The molecular weight excluding hydrogens is 416 g/mol. The van der Waals surface area contributed by atoms with E-state index in [0.717, 1.165) is 12.8 Å². The number of para-hydroxylation sites is 1. The molecule has 1 N–H and O–H groups in total. The summed E-state index contributed by atoms with van der Waals surface area (Å²) in [6.45, 7) is 5.83. The molecule has 0 bridgehead atoms. The summed E-state index contributed by atoms with van der Waals surface area (Å²) in [6.07, 6.45) is 2.91. The standard InChI is InChI=1S/C25H31F2NO4/c1-3-12-31-22-7-5-6-19(25(22)32-13-4-2)18-15-20(26)24(21(27)16-18)28-10-8-17(9-11-28)14-23(29)30/h5-7,15-17H,3-4,8-14H2,1-2H3,(H,29,30). The van der Waals surface area contributed by atoms with E-state index in [9.17, 15) is 4.79 Å². The minimum Gasteiger partial charge on any atom is -0.490 e. The predicted octanol–water partition coefficient (Wildman–Crippen LogP) is 5.90. The van der Waals surface area contributed by atoms with Gasteiger partial charge >= 0.3 is 5.97 Å². The number of rotatable bonds is 10. The van der Waals surface area contributed by atoms with Crippen molar-refractivity contribution in [2.45, 2.75) is 46.0 Å². The van der Waals surface area contributed by atoms with Gasteiger partial charge in [-0.2, -0.15) is 0 Å². The van der Waals surface area contributed by atoms with Gasteiger partial charge in [0.2, 0.25) is 0 Å². The van der Waals surface area contributed by atoms with Gasteiger partial charge in [0.15, 0.2) is 11.5 Å². The van der Waals surface area contributed by atoms with Crippen molar-refractivity contribution in [1.82, 2.24) is 0 Å². The van der Waals surface area contributed by atoms with E-state index in [1.54, 1.807) is 23.1 Å². The van der Waals surface area contributed by atoms with Crippen LogP contribution in [0.3, 0.4) is 0 Å². The lowest BCUT2D eigenvalue weighted by molar-refractivity contribution is -0.138. The van der Waals surface area contributed by atoms with E-state index >= 15 is 8.78 Å². The molecule has 1 saturated heterocycles. The highest BCUT2D eigenvalue weighted by molar-refractivity contribution is 5.75. The molecule has 2 aromatic carbocycles. The fourth-order valence-corrected chi connectivity index (χ4v) is 4.05. The fraction of sp³-hybridized carbons (Fsp3) is 0.480. The summed E-state index contributed by atoms with van der Waals surface area (Å²) in [7, 11) is 0. The van der Waals surface area contributed by atoms with Crippen LogP contribution in [0.1, 0.15) is 46.0 Å². The predicted molar refractivity (Wildman–Crippen MR) is 121 cm³/mol. The Hall–Kier alpha value is -2.83. The lowest BCUT2D eigenvalue weighted by atomic mass is 9.93. The van der Waals surface area contributed by atoms with Crippen LogP contribution in [-0.2, 0) is 4.79 Å². The molecule has 174 valence electrons. The number of anilines is 1. The van der Waals surface area contributed by atoms with Gasteiger partial charge in [-0.05, 0) is 55.4 Å². The zero-order valence-corrected chi connectivity index (χ0v) is 18.7. The Morgan fingerprint density at radius 3 is 2.28 bits per heavy atom. The number of hydrogen-bond acceptors (Lipinski definition) is 4. The van der Waals surface area contributed by atoms with Crippen LogP contribution < -0.4 is 14.4 Å². The lowest BCUT2D eigenvalue weighted by Crippen LogP contribution is -2.35. The Morgan fingerprint density at radius 2 is 1.69 bits per heavy atom. The van der Waals surface area contributed by atoms with Crippen molar-refractivity contribution in [1.29, 1.82) is 0 Å². The molecule has 3 rings (SSSR count). The molecule has 1 aliphatic heterocycles. The third kappa shape index (κ3) is 5.69. The molecule has 1 heterocycles. The van der Waals surface area contributed by atoms with Crippen LogP contribution in [0.2, 0.25) is 0 Å². The normalized spacial score (nSPS) is 14.4. The van der Waals surface area contributed by atoms with Gasteiger partial charge in [-0.15, -0.1) is 0 Å². The first kappa shape index (κ1) is 23.8. The zero-order chi connectivity index (χ0) is 23.1. The molecule has 7 heteroatoms. The number of carboxylic acid groups (broad SMARTS) is 1. The lowest BCUT2D eigenvalue weighted by Gasteiger charge is -2.33. The molecule has 0 radical (unpaired) electrons. The van der Waals surface area contributed by atoms with Gasteiger partial charge in [0.05, 0.1) is 13.2 Å². The van der Waals surface area contributed by atoms with Crippen LogP contribution in [-0.4, -0.2) is 37.4 Å². The molecule has 32 heavy (non-hydrogen) atoms. The molecule has 0 spiro atoms. The van der Waals surface area contributed by atoms with E-state index in [-0.39, 0.29) is 18.0 Å². The van der Waals surface area contributed by atoms with E-state index in [2.05, 4.69) is 0 Å². The first-order valence-electron chi connectivity index (χ1n) is 11.3. The number of benzene rings is 2. The number of ether oxygens (including phenoxy) is 2. The van der Waals surface area contributed by atoms with Crippen molar-refractivity contribution < 1.29 is 28.2 Å². The van der Waals surface area contributed by atoms with Gasteiger partial charge < -0.3 is 19.5 Å². The number of carbonyl (C=O) groups is 1. The minimum absolute atomic E-state index is 0.0401. The minimum atomic E-state index is -0.837. The Bertz CT molecular complexity index is 903. The van der Waals surface area contributed by atoms with Gasteiger partial charge in [-0.25, -0.2) is 8.78 Å². The average molecular weight is 448 g/mol. The molecule has 0 unspecified atom stereocenters. The molecular formula is C25H31F2NO4. The molecule has 1 fully saturated rings. The van der Waals surface area contributed by atoms with Gasteiger partial charge in [0.1, 0.15) is 17.3 Å². The average Bonchev–Trinajstić information content (AvgIpc) is 2.76. The molecule has 0 atom stereocenters. The van der Waals surface area contributed by atoms with Crippen LogP contribution in [0.25, 0.3) is 11.1 Å². The Morgan fingerprint density at radius 1 is 1.06 bits per heavy atom. The first-order valence-corrected chi connectivity index (χ1v) is 11.3. The van der Waals surface area contributed by atoms with Crippen molar-refractivity contribution in [3.05, 3.63) is 42.0 Å². The number of hydrogen-bond donors (Lipinski definition) is 1.